The van der Waals surface area contributed by atoms with Gasteiger partial charge in [-0.05, 0) is 54.3 Å². The molecule has 1 N–H and O–H groups in total. The van der Waals surface area contributed by atoms with Crippen molar-refractivity contribution in [3.05, 3.63) is 101 Å². The average Bonchev–Trinajstić information content (AvgIpc) is 2.84. The fourth-order valence-electron chi connectivity index (χ4n) is 4.26. The first-order chi connectivity index (χ1) is 16.7. The van der Waals surface area contributed by atoms with Gasteiger partial charge in [-0.25, -0.2) is 4.99 Å². The summed E-state index contributed by atoms with van der Waals surface area (Å²) in [5.74, 6) is 0.814. The highest BCUT2D eigenvalue weighted by Gasteiger charge is 2.29. The smallest absolute Gasteiger partial charge is 0.215 e. The molecule has 0 aromatic heterocycles. The zero-order valence-corrected chi connectivity index (χ0v) is 20.3. The number of aliphatic imine (C=N–C) groups is 1. The van der Waals surface area contributed by atoms with Gasteiger partial charge >= 0.3 is 0 Å². The van der Waals surface area contributed by atoms with Crippen LogP contribution in [-0.2, 0) is 5.41 Å². The summed E-state index contributed by atoms with van der Waals surface area (Å²) in [5.41, 5.74) is 4.07. The number of Topliss-reactive ketones (excluding diaryl/α,β-unsaturated/α-hetero) is 1. The van der Waals surface area contributed by atoms with E-state index in [1.165, 1.54) is 5.56 Å². The number of carbonyl (C=O) groups excluding carboxylic acids is 1. The van der Waals surface area contributed by atoms with E-state index in [0.717, 1.165) is 5.56 Å². The maximum absolute atomic E-state index is 13.7. The molecule has 1 aliphatic rings. The van der Waals surface area contributed by atoms with Crippen molar-refractivity contribution < 1.29 is 14.6 Å². The van der Waals surface area contributed by atoms with Crippen LogP contribution in [0.25, 0.3) is 16.8 Å². The molecule has 0 atom stereocenters. The van der Waals surface area contributed by atoms with Gasteiger partial charge in [0.2, 0.25) is 5.78 Å². The first-order valence-corrected chi connectivity index (χ1v) is 11.7. The molecule has 0 saturated carbocycles. The molecule has 174 valence electrons. The molecular formula is C31H27NO3. The number of ketones is 1. The number of phenolic OH excluding ortho intramolecular Hbond substituents is 1. The highest BCUT2D eigenvalue weighted by molar-refractivity contribution is 6.53. The zero-order valence-electron chi connectivity index (χ0n) is 20.3. The van der Waals surface area contributed by atoms with Crippen molar-refractivity contribution in [1.29, 1.82) is 0 Å². The molecule has 4 nitrogen and oxygen atoms in total. The molecule has 4 aromatic carbocycles. The van der Waals surface area contributed by atoms with Gasteiger partial charge in [-0.15, -0.1) is 0 Å². The molecule has 5 rings (SSSR count). The summed E-state index contributed by atoms with van der Waals surface area (Å²) < 4.78 is 6.38. The number of rotatable bonds is 3. The number of benzene rings is 4. The SMILES string of the molecule is Cc1ccc(N=C2C=Cc3c(c(Oc4ccc(C(C)(C)C)cc4)c4ccccc4c3O)C2=O)cc1. The summed E-state index contributed by atoms with van der Waals surface area (Å²) in [6.07, 6.45) is 3.39. The molecule has 0 fully saturated rings. The number of hydrogen-bond donors (Lipinski definition) is 1. The van der Waals surface area contributed by atoms with E-state index in [9.17, 15) is 9.90 Å². The van der Waals surface area contributed by atoms with E-state index in [0.29, 0.717) is 44.8 Å². The van der Waals surface area contributed by atoms with Gasteiger partial charge in [0.1, 0.15) is 23.0 Å². The van der Waals surface area contributed by atoms with Crippen molar-refractivity contribution >= 4 is 34.0 Å². The molecule has 1 aliphatic carbocycles. The van der Waals surface area contributed by atoms with Crippen LogP contribution in [0.3, 0.4) is 0 Å². The second-order valence-corrected chi connectivity index (χ2v) is 9.88. The Labute approximate surface area is 205 Å². The topological polar surface area (TPSA) is 58.9 Å². The lowest BCUT2D eigenvalue weighted by molar-refractivity contribution is 0.106. The van der Waals surface area contributed by atoms with Gasteiger partial charge < -0.3 is 9.84 Å². The maximum atomic E-state index is 13.7. The number of aromatic hydroxyl groups is 1. The van der Waals surface area contributed by atoms with Crippen LogP contribution < -0.4 is 4.74 Å². The minimum Gasteiger partial charge on any atom is -0.507 e. The van der Waals surface area contributed by atoms with E-state index in [1.807, 2.05) is 79.7 Å². The Morgan fingerprint density at radius 3 is 2.14 bits per heavy atom. The Bertz CT molecular complexity index is 1500. The van der Waals surface area contributed by atoms with E-state index in [1.54, 1.807) is 12.2 Å². The Balaban J connectivity index is 1.65. The minimum absolute atomic E-state index is 0.0189. The summed E-state index contributed by atoms with van der Waals surface area (Å²) in [4.78, 5) is 18.3. The average molecular weight is 462 g/mol. The minimum atomic E-state index is -0.287. The van der Waals surface area contributed by atoms with Gasteiger partial charge in [-0.2, -0.15) is 0 Å². The number of phenols is 1. The second kappa shape index (κ2) is 8.55. The first-order valence-electron chi connectivity index (χ1n) is 11.7. The molecule has 0 unspecified atom stereocenters. The van der Waals surface area contributed by atoms with Crippen molar-refractivity contribution in [2.24, 2.45) is 4.99 Å². The molecule has 4 heteroatoms. The van der Waals surface area contributed by atoms with E-state index in [4.69, 9.17) is 4.74 Å². The highest BCUT2D eigenvalue weighted by Crippen LogP contribution is 2.44. The number of nitrogens with zero attached hydrogens (tertiary/aromatic N) is 1. The van der Waals surface area contributed by atoms with Crippen molar-refractivity contribution in [3.8, 4) is 17.2 Å². The summed E-state index contributed by atoms with van der Waals surface area (Å²) in [7, 11) is 0. The molecule has 0 heterocycles. The summed E-state index contributed by atoms with van der Waals surface area (Å²) in [6, 6.07) is 23.0. The lowest BCUT2D eigenvalue weighted by atomic mass is 9.87. The number of ether oxygens (including phenoxy) is 1. The first kappa shape index (κ1) is 22.6. The number of hydrogen-bond acceptors (Lipinski definition) is 4. The number of aryl methyl sites for hydroxylation is 1. The van der Waals surface area contributed by atoms with Gasteiger partial charge in [-0.3, -0.25) is 4.79 Å². The predicted octanol–water partition coefficient (Wildman–Crippen LogP) is 7.93. The van der Waals surface area contributed by atoms with Crippen LogP contribution in [0, 0.1) is 6.92 Å². The predicted molar refractivity (Wildman–Crippen MR) is 142 cm³/mol. The third-order valence-electron chi connectivity index (χ3n) is 6.27. The molecule has 0 radical (unpaired) electrons. The fourth-order valence-corrected chi connectivity index (χ4v) is 4.26. The van der Waals surface area contributed by atoms with Crippen LogP contribution in [0.5, 0.6) is 17.2 Å². The fraction of sp³-hybridized carbons (Fsp3) is 0.161. The Kier molecular flexibility index (Phi) is 5.52. The summed E-state index contributed by atoms with van der Waals surface area (Å²) in [6.45, 7) is 8.48. The van der Waals surface area contributed by atoms with E-state index < -0.39 is 0 Å². The summed E-state index contributed by atoms with van der Waals surface area (Å²) >= 11 is 0. The Morgan fingerprint density at radius 2 is 1.49 bits per heavy atom. The monoisotopic (exact) mass is 461 g/mol. The van der Waals surface area contributed by atoms with E-state index in [2.05, 4.69) is 25.8 Å². The number of allylic oxidation sites excluding steroid dienone is 1. The van der Waals surface area contributed by atoms with Crippen LogP contribution in [-0.4, -0.2) is 16.6 Å². The van der Waals surface area contributed by atoms with Crippen LogP contribution in [0.2, 0.25) is 0 Å². The number of fused-ring (bicyclic) bond motifs is 2. The van der Waals surface area contributed by atoms with Gasteiger partial charge in [0, 0.05) is 16.3 Å². The van der Waals surface area contributed by atoms with E-state index in [-0.39, 0.29) is 16.9 Å². The third-order valence-corrected chi connectivity index (χ3v) is 6.27. The third kappa shape index (κ3) is 4.24. The zero-order chi connectivity index (χ0) is 24.7. The largest absolute Gasteiger partial charge is 0.507 e. The lowest BCUT2D eigenvalue weighted by Crippen LogP contribution is -2.18. The number of carbonyl (C=O) groups is 1. The standard InChI is InChI=1S/C31H27NO3/c1-19-9-13-21(14-10-19)32-26-18-17-25-27(29(26)34)30(24-8-6-5-7-23(24)28(25)33)35-22-15-11-20(12-16-22)31(2,3)4/h5-18,33H,1-4H3. The Morgan fingerprint density at radius 1 is 0.829 bits per heavy atom. The lowest BCUT2D eigenvalue weighted by Gasteiger charge is -2.21. The van der Waals surface area contributed by atoms with Gasteiger partial charge in [0.25, 0.3) is 0 Å². The molecule has 0 spiro atoms. The van der Waals surface area contributed by atoms with Gasteiger partial charge in [-0.1, -0.05) is 74.9 Å². The van der Waals surface area contributed by atoms with Crippen LogP contribution in [0.4, 0.5) is 5.69 Å². The van der Waals surface area contributed by atoms with Crippen molar-refractivity contribution in [2.75, 3.05) is 0 Å². The van der Waals surface area contributed by atoms with Crippen molar-refractivity contribution in [1.82, 2.24) is 0 Å². The molecular weight excluding hydrogens is 434 g/mol. The molecule has 0 aliphatic heterocycles. The molecule has 0 amide bonds. The normalized spacial score (nSPS) is 14.4. The summed E-state index contributed by atoms with van der Waals surface area (Å²) in [5, 5.41) is 12.3. The van der Waals surface area contributed by atoms with Crippen LogP contribution in [0.1, 0.15) is 47.8 Å². The highest BCUT2D eigenvalue weighted by atomic mass is 16.5. The quantitative estimate of drug-likeness (QED) is 0.337. The van der Waals surface area contributed by atoms with E-state index >= 15 is 0 Å². The molecule has 35 heavy (non-hydrogen) atoms. The van der Waals surface area contributed by atoms with Gasteiger partial charge in [0.05, 0.1) is 11.3 Å². The Hall–Kier alpha value is -4.18. The molecule has 4 aromatic rings. The van der Waals surface area contributed by atoms with Crippen molar-refractivity contribution in [2.45, 2.75) is 33.1 Å². The van der Waals surface area contributed by atoms with Gasteiger partial charge in [0.15, 0.2) is 0 Å². The van der Waals surface area contributed by atoms with Crippen LogP contribution in [0.15, 0.2) is 83.9 Å². The van der Waals surface area contributed by atoms with Crippen LogP contribution >= 0.6 is 0 Å². The maximum Gasteiger partial charge on any atom is 0.215 e. The van der Waals surface area contributed by atoms with Crippen molar-refractivity contribution in [3.63, 3.8) is 0 Å². The molecule has 0 saturated heterocycles. The molecule has 0 bridgehead atoms. The second-order valence-electron chi connectivity index (χ2n) is 9.88.